The van der Waals surface area contributed by atoms with Gasteiger partial charge in [0.05, 0.1) is 5.56 Å². The first-order chi connectivity index (χ1) is 10.1. The van der Waals surface area contributed by atoms with Crippen molar-refractivity contribution in [1.29, 1.82) is 0 Å². The third kappa shape index (κ3) is 4.71. The second kappa shape index (κ2) is 7.42. The Hall–Kier alpha value is -1.60. The molecule has 0 bridgehead atoms. The van der Waals surface area contributed by atoms with Gasteiger partial charge in [-0.1, -0.05) is 0 Å². The van der Waals surface area contributed by atoms with Crippen molar-refractivity contribution in [3.8, 4) is 0 Å². The molecule has 2 rings (SSSR count). The molecule has 114 valence electrons. The second-order valence-corrected chi connectivity index (χ2v) is 5.62. The van der Waals surface area contributed by atoms with Crippen LogP contribution in [-0.4, -0.2) is 37.7 Å². The number of hydrogen-bond acceptors (Lipinski definition) is 5. The Morgan fingerprint density at radius 3 is 2.76 bits per heavy atom. The average Bonchev–Trinajstić information content (AvgIpc) is 2.48. The molecular formula is C14H17BrN2O4. The molecule has 3 N–H and O–H groups in total. The van der Waals surface area contributed by atoms with Crippen LogP contribution in [0.3, 0.4) is 0 Å². The van der Waals surface area contributed by atoms with Crippen molar-refractivity contribution in [3.63, 3.8) is 0 Å². The Labute approximate surface area is 131 Å². The SMILES string of the molecule is Nc1cc(C(=O)OCC(=O)NC2CCOCC2)ccc1Br. The molecule has 0 saturated carbocycles. The number of benzene rings is 1. The summed E-state index contributed by atoms with van der Waals surface area (Å²) in [6.45, 7) is 0.984. The number of nitrogens with one attached hydrogen (secondary N) is 1. The number of esters is 1. The van der Waals surface area contributed by atoms with E-state index in [1.807, 2.05) is 0 Å². The lowest BCUT2D eigenvalue weighted by Gasteiger charge is -2.22. The van der Waals surface area contributed by atoms with Crippen LogP contribution < -0.4 is 11.1 Å². The number of nitrogens with two attached hydrogens (primary N) is 1. The molecule has 0 aliphatic carbocycles. The van der Waals surface area contributed by atoms with Gasteiger partial charge in [-0.25, -0.2) is 4.79 Å². The van der Waals surface area contributed by atoms with Crippen molar-refractivity contribution in [1.82, 2.24) is 5.32 Å². The minimum Gasteiger partial charge on any atom is -0.452 e. The number of nitrogen functional groups attached to an aromatic ring is 1. The third-order valence-electron chi connectivity index (χ3n) is 3.15. The first kappa shape index (κ1) is 15.8. The minimum atomic E-state index is -0.573. The van der Waals surface area contributed by atoms with Gasteiger partial charge in [0.25, 0.3) is 5.91 Å². The zero-order chi connectivity index (χ0) is 15.2. The lowest BCUT2D eigenvalue weighted by molar-refractivity contribution is -0.125. The molecule has 1 saturated heterocycles. The Balaban J connectivity index is 1.80. The van der Waals surface area contributed by atoms with Gasteiger partial charge in [-0.2, -0.15) is 0 Å². The summed E-state index contributed by atoms with van der Waals surface area (Å²) in [4.78, 5) is 23.5. The van der Waals surface area contributed by atoms with Crippen LogP contribution in [0.15, 0.2) is 22.7 Å². The number of rotatable bonds is 4. The van der Waals surface area contributed by atoms with E-state index in [9.17, 15) is 9.59 Å². The van der Waals surface area contributed by atoms with Gasteiger partial charge in [0.2, 0.25) is 0 Å². The van der Waals surface area contributed by atoms with Gasteiger partial charge in [0.15, 0.2) is 6.61 Å². The number of carbonyl (C=O) groups is 2. The summed E-state index contributed by atoms with van der Waals surface area (Å²) in [5, 5.41) is 2.82. The van der Waals surface area contributed by atoms with Crippen molar-refractivity contribution >= 4 is 33.5 Å². The molecule has 0 aromatic heterocycles. The second-order valence-electron chi connectivity index (χ2n) is 4.77. The minimum absolute atomic E-state index is 0.0910. The number of anilines is 1. The molecule has 1 heterocycles. The molecule has 0 spiro atoms. The van der Waals surface area contributed by atoms with Gasteiger partial charge < -0.3 is 20.5 Å². The molecule has 1 aromatic rings. The lowest BCUT2D eigenvalue weighted by atomic mass is 10.1. The highest BCUT2D eigenvalue weighted by Gasteiger charge is 2.17. The highest BCUT2D eigenvalue weighted by molar-refractivity contribution is 9.10. The van der Waals surface area contributed by atoms with Gasteiger partial charge in [0.1, 0.15) is 0 Å². The summed E-state index contributed by atoms with van der Waals surface area (Å²) in [7, 11) is 0. The predicted molar refractivity (Wildman–Crippen MR) is 80.8 cm³/mol. The summed E-state index contributed by atoms with van der Waals surface area (Å²) in [6.07, 6.45) is 1.56. The Bertz CT molecular complexity index is 530. The van der Waals surface area contributed by atoms with Gasteiger partial charge in [-0.3, -0.25) is 4.79 Å². The van der Waals surface area contributed by atoms with Crippen molar-refractivity contribution in [2.24, 2.45) is 0 Å². The highest BCUT2D eigenvalue weighted by atomic mass is 79.9. The molecular weight excluding hydrogens is 340 g/mol. The largest absolute Gasteiger partial charge is 0.452 e. The number of ether oxygens (including phenoxy) is 2. The molecule has 6 nitrogen and oxygen atoms in total. The fraction of sp³-hybridized carbons (Fsp3) is 0.429. The zero-order valence-electron chi connectivity index (χ0n) is 11.4. The van der Waals surface area contributed by atoms with E-state index in [-0.39, 0.29) is 18.6 Å². The van der Waals surface area contributed by atoms with Crippen LogP contribution in [0, 0.1) is 0 Å². The maximum atomic E-state index is 11.8. The van der Waals surface area contributed by atoms with E-state index in [2.05, 4.69) is 21.2 Å². The van der Waals surface area contributed by atoms with Crippen molar-refractivity contribution in [2.45, 2.75) is 18.9 Å². The summed E-state index contributed by atoms with van der Waals surface area (Å²) < 4.78 is 10.9. The fourth-order valence-electron chi connectivity index (χ4n) is 2.00. The van der Waals surface area contributed by atoms with Gasteiger partial charge >= 0.3 is 5.97 Å². The normalized spacial score (nSPS) is 15.5. The monoisotopic (exact) mass is 356 g/mol. The predicted octanol–water partition coefficient (Wildman–Crippen LogP) is 1.48. The molecule has 1 amide bonds. The van der Waals surface area contributed by atoms with E-state index < -0.39 is 5.97 Å². The smallest absolute Gasteiger partial charge is 0.338 e. The van der Waals surface area contributed by atoms with Crippen LogP contribution in [0.5, 0.6) is 0 Å². The zero-order valence-corrected chi connectivity index (χ0v) is 13.0. The van der Waals surface area contributed by atoms with E-state index >= 15 is 0 Å². The maximum Gasteiger partial charge on any atom is 0.338 e. The molecule has 0 unspecified atom stereocenters. The van der Waals surface area contributed by atoms with Crippen LogP contribution >= 0.6 is 15.9 Å². The van der Waals surface area contributed by atoms with E-state index in [4.69, 9.17) is 15.2 Å². The molecule has 1 aliphatic rings. The van der Waals surface area contributed by atoms with Crippen LogP contribution in [-0.2, 0) is 14.3 Å². The Morgan fingerprint density at radius 1 is 1.38 bits per heavy atom. The van der Waals surface area contributed by atoms with Crippen LogP contribution in [0.4, 0.5) is 5.69 Å². The summed E-state index contributed by atoms with van der Waals surface area (Å²) in [5.74, 6) is -0.878. The van der Waals surface area contributed by atoms with E-state index in [1.54, 1.807) is 12.1 Å². The van der Waals surface area contributed by atoms with Gasteiger partial charge in [-0.05, 0) is 47.0 Å². The van der Waals surface area contributed by atoms with Crippen molar-refractivity contribution in [2.75, 3.05) is 25.6 Å². The first-order valence-electron chi connectivity index (χ1n) is 6.65. The Morgan fingerprint density at radius 2 is 2.10 bits per heavy atom. The molecule has 7 heteroatoms. The number of hydrogen-bond donors (Lipinski definition) is 2. The summed E-state index contributed by atoms with van der Waals surface area (Å²) in [5.41, 5.74) is 6.45. The Kier molecular flexibility index (Phi) is 5.58. The average molecular weight is 357 g/mol. The molecule has 21 heavy (non-hydrogen) atoms. The fourth-order valence-corrected chi connectivity index (χ4v) is 2.24. The first-order valence-corrected chi connectivity index (χ1v) is 7.45. The summed E-state index contributed by atoms with van der Waals surface area (Å²) >= 11 is 3.24. The number of carbonyl (C=O) groups excluding carboxylic acids is 2. The molecule has 1 aliphatic heterocycles. The highest BCUT2D eigenvalue weighted by Crippen LogP contribution is 2.20. The molecule has 0 radical (unpaired) electrons. The molecule has 1 fully saturated rings. The quantitative estimate of drug-likeness (QED) is 0.629. The lowest BCUT2D eigenvalue weighted by Crippen LogP contribution is -2.41. The molecule has 1 aromatic carbocycles. The van der Waals surface area contributed by atoms with Gasteiger partial charge in [0, 0.05) is 29.4 Å². The maximum absolute atomic E-state index is 11.8. The van der Waals surface area contributed by atoms with Crippen molar-refractivity contribution < 1.29 is 19.1 Å². The molecule has 0 atom stereocenters. The van der Waals surface area contributed by atoms with Crippen molar-refractivity contribution in [3.05, 3.63) is 28.2 Å². The van der Waals surface area contributed by atoms with E-state index in [1.165, 1.54) is 6.07 Å². The van der Waals surface area contributed by atoms with Crippen LogP contribution in [0.25, 0.3) is 0 Å². The van der Waals surface area contributed by atoms with Crippen LogP contribution in [0.1, 0.15) is 23.2 Å². The number of halogens is 1. The third-order valence-corrected chi connectivity index (χ3v) is 3.87. The summed E-state index contributed by atoms with van der Waals surface area (Å²) in [6, 6.07) is 4.84. The number of amides is 1. The standard InChI is InChI=1S/C14H17BrN2O4/c15-11-2-1-9(7-12(11)16)14(19)21-8-13(18)17-10-3-5-20-6-4-10/h1-2,7,10H,3-6,8,16H2,(H,17,18). The van der Waals surface area contributed by atoms with Crippen LogP contribution in [0.2, 0.25) is 0 Å². The van der Waals surface area contributed by atoms with Gasteiger partial charge in [-0.15, -0.1) is 0 Å². The van der Waals surface area contributed by atoms with E-state index in [0.717, 1.165) is 12.8 Å². The topological polar surface area (TPSA) is 90.7 Å². The van der Waals surface area contributed by atoms with E-state index in [0.29, 0.717) is 28.9 Å².